The monoisotopic (exact) mass is 259 g/mol. The summed E-state index contributed by atoms with van der Waals surface area (Å²) in [6, 6.07) is 8.27. The van der Waals surface area contributed by atoms with Crippen molar-refractivity contribution in [3.8, 4) is 0 Å². The van der Waals surface area contributed by atoms with E-state index >= 15 is 0 Å². The maximum absolute atomic E-state index is 12.6. The Morgan fingerprint density at radius 2 is 2.00 bits per heavy atom. The molecule has 2 fully saturated rings. The summed E-state index contributed by atoms with van der Waals surface area (Å²) in [5, 5.41) is 0. The van der Waals surface area contributed by atoms with Gasteiger partial charge in [-0.05, 0) is 24.8 Å². The van der Waals surface area contributed by atoms with Crippen LogP contribution in [0.5, 0.6) is 0 Å². The topological polar surface area (TPSA) is 20.3 Å². The van der Waals surface area contributed by atoms with Crippen molar-refractivity contribution >= 4 is 17.7 Å². The molecule has 1 aliphatic carbocycles. The molecule has 0 radical (unpaired) electrons. The highest BCUT2D eigenvalue weighted by molar-refractivity contribution is 8.00. The largest absolute Gasteiger partial charge is 0.319 e. The molecule has 2 nitrogen and oxygen atoms in total. The van der Waals surface area contributed by atoms with E-state index in [0.717, 1.165) is 17.9 Å². The van der Waals surface area contributed by atoms with Gasteiger partial charge in [-0.2, -0.15) is 0 Å². The summed E-state index contributed by atoms with van der Waals surface area (Å²) in [6.45, 7) is 0.925. The van der Waals surface area contributed by atoms with Crippen molar-refractivity contribution in [3.63, 3.8) is 0 Å². The molecule has 1 atom stereocenters. The van der Waals surface area contributed by atoms with Gasteiger partial charge < -0.3 is 4.90 Å². The van der Waals surface area contributed by atoms with Crippen molar-refractivity contribution in [1.82, 2.24) is 4.90 Å². The van der Waals surface area contributed by atoms with Crippen LogP contribution in [0.3, 0.4) is 0 Å². The molecule has 3 heteroatoms. The number of thioether (sulfide) groups is 1. The van der Waals surface area contributed by atoms with E-state index in [-0.39, 0.29) is 10.8 Å². The highest BCUT2D eigenvalue weighted by Crippen LogP contribution is 2.59. The maximum Gasteiger partial charge on any atom is 0.255 e. The van der Waals surface area contributed by atoms with E-state index in [0.29, 0.717) is 5.92 Å². The number of benzene rings is 1. The third-order valence-corrected chi connectivity index (χ3v) is 6.34. The van der Waals surface area contributed by atoms with E-state index in [9.17, 15) is 4.79 Å². The smallest absolute Gasteiger partial charge is 0.255 e. The predicted octanol–water partition coefficient (Wildman–Crippen LogP) is 3.23. The molecular weight excluding hydrogens is 242 g/mol. The molecule has 1 unspecified atom stereocenters. The molecule has 1 saturated carbocycles. The van der Waals surface area contributed by atoms with Crippen LogP contribution in [0.1, 0.15) is 41.6 Å². The maximum atomic E-state index is 12.6. The van der Waals surface area contributed by atoms with E-state index in [1.165, 1.54) is 31.2 Å². The van der Waals surface area contributed by atoms with Crippen molar-refractivity contribution in [1.29, 1.82) is 0 Å². The summed E-state index contributed by atoms with van der Waals surface area (Å²) in [5.74, 6) is 2.02. The minimum atomic E-state index is -0.00975. The Morgan fingerprint density at radius 3 is 2.83 bits per heavy atom. The zero-order valence-corrected chi connectivity index (χ0v) is 11.2. The number of hydrogen-bond donors (Lipinski definition) is 0. The number of carbonyl (C=O) groups is 1. The lowest BCUT2D eigenvalue weighted by Crippen LogP contribution is -2.41. The molecule has 18 heavy (non-hydrogen) atoms. The second-order valence-electron chi connectivity index (χ2n) is 5.53. The highest BCUT2D eigenvalue weighted by Gasteiger charge is 2.57. The number of carbonyl (C=O) groups excluding carboxylic acids is 1. The van der Waals surface area contributed by atoms with Gasteiger partial charge in [0.15, 0.2) is 0 Å². The van der Waals surface area contributed by atoms with Gasteiger partial charge in [-0.15, -0.1) is 11.8 Å². The zero-order valence-electron chi connectivity index (χ0n) is 10.4. The Bertz CT molecular complexity index is 509. The lowest BCUT2D eigenvalue weighted by molar-refractivity contribution is 0.0657. The Morgan fingerprint density at radius 1 is 1.22 bits per heavy atom. The first-order valence-electron chi connectivity index (χ1n) is 6.89. The second kappa shape index (κ2) is 3.77. The van der Waals surface area contributed by atoms with Crippen molar-refractivity contribution in [2.75, 3.05) is 12.3 Å². The first kappa shape index (κ1) is 10.9. The van der Waals surface area contributed by atoms with Crippen LogP contribution in [0.15, 0.2) is 24.3 Å². The quantitative estimate of drug-likeness (QED) is 0.771. The highest BCUT2D eigenvalue weighted by atomic mass is 32.2. The fraction of sp³-hybridized carbons (Fsp3) is 0.533. The molecule has 94 valence electrons. The van der Waals surface area contributed by atoms with Gasteiger partial charge in [0, 0.05) is 23.4 Å². The van der Waals surface area contributed by atoms with Gasteiger partial charge in [0.05, 0.1) is 0 Å². The standard InChI is InChI=1S/C15H17NOS/c17-14-12-7-3-4-8-13(12)15(11-5-1-2-6-11)16(14)9-10-18-15/h3-4,7-8,11H,1-2,5-6,9-10H2. The average Bonchev–Trinajstić information content (AvgIpc) is 3.09. The molecule has 1 aromatic rings. The summed E-state index contributed by atoms with van der Waals surface area (Å²) >= 11 is 2.01. The molecule has 3 aliphatic rings. The van der Waals surface area contributed by atoms with E-state index in [1.54, 1.807) is 0 Å². The number of nitrogens with zero attached hydrogens (tertiary/aromatic N) is 1. The summed E-state index contributed by atoms with van der Waals surface area (Å²) in [7, 11) is 0. The van der Waals surface area contributed by atoms with Crippen molar-refractivity contribution < 1.29 is 4.79 Å². The number of fused-ring (bicyclic) bond motifs is 3. The summed E-state index contributed by atoms with van der Waals surface area (Å²) in [5.41, 5.74) is 2.25. The van der Waals surface area contributed by atoms with Crippen LogP contribution in [0.25, 0.3) is 0 Å². The van der Waals surface area contributed by atoms with Gasteiger partial charge in [-0.1, -0.05) is 31.0 Å². The number of amides is 1. The molecule has 1 aromatic carbocycles. The van der Waals surface area contributed by atoms with Gasteiger partial charge >= 0.3 is 0 Å². The van der Waals surface area contributed by atoms with Crippen LogP contribution in [0, 0.1) is 5.92 Å². The Labute approximate surface area is 112 Å². The van der Waals surface area contributed by atoms with Crippen LogP contribution in [-0.2, 0) is 4.87 Å². The molecule has 0 aromatic heterocycles. The number of rotatable bonds is 1. The Kier molecular flexibility index (Phi) is 2.28. The molecular formula is C15H17NOS. The summed E-state index contributed by atoms with van der Waals surface area (Å²) in [4.78, 5) is 14.7. The van der Waals surface area contributed by atoms with Gasteiger partial charge in [0.25, 0.3) is 5.91 Å². The average molecular weight is 259 g/mol. The van der Waals surface area contributed by atoms with Crippen molar-refractivity contribution in [2.24, 2.45) is 5.92 Å². The van der Waals surface area contributed by atoms with Crippen LogP contribution in [-0.4, -0.2) is 23.1 Å². The van der Waals surface area contributed by atoms with E-state index in [4.69, 9.17) is 0 Å². The third kappa shape index (κ3) is 1.18. The van der Waals surface area contributed by atoms with E-state index in [2.05, 4.69) is 17.0 Å². The fourth-order valence-electron chi connectivity index (χ4n) is 4.01. The molecule has 2 aliphatic heterocycles. The van der Waals surface area contributed by atoms with Crippen molar-refractivity contribution in [3.05, 3.63) is 35.4 Å². The van der Waals surface area contributed by atoms with Gasteiger partial charge in [-0.25, -0.2) is 0 Å². The number of hydrogen-bond acceptors (Lipinski definition) is 2. The molecule has 1 amide bonds. The molecule has 0 bridgehead atoms. The minimum absolute atomic E-state index is 0.00975. The minimum Gasteiger partial charge on any atom is -0.319 e. The summed E-state index contributed by atoms with van der Waals surface area (Å²) < 4.78 is 0. The van der Waals surface area contributed by atoms with Gasteiger partial charge in [0.1, 0.15) is 4.87 Å². The fourth-order valence-corrected chi connectivity index (χ4v) is 5.73. The Balaban J connectivity index is 1.91. The zero-order chi connectivity index (χ0) is 12.2. The molecule has 2 heterocycles. The van der Waals surface area contributed by atoms with Gasteiger partial charge in [-0.3, -0.25) is 4.79 Å². The third-order valence-electron chi connectivity index (χ3n) is 4.74. The molecule has 1 saturated heterocycles. The SMILES string of the molecule is O=C1c2ccccc2C2(C3CCCC3)SCCN12. The first-order valence-corrected chi connectivity index (χ1v) is 7.88. The van der Waals surface area contributed by atoms with E-state index in [1.807, 2.05) is 23.9 Å². The van der Waals surface area contributed by atoms with Crippen LogP contribution >= 0.6 is 11.8 Å². The van der Waals surface area contributed by atoms with E-state index < -0.39 is 0 Å². The molecule has 4 rings (SSSR count). The van der Waals surface area contributed by atoms with Crippen LogP contribution in [0.4, 0.5) is 0 Å². The predicted molar refractivity (Wildman–Crippen MR) is 73.6 cm³/mol. The molecule has 0 N–H and O–H groups in total. The lowest BCUT2D eigenvalue weighted by atomic mass is 9.90. The molecule has 0 spiro atoms. The van der Waals surface area contributed by atoms with Gasteiger partial charge in [0.2, 0.25) is 0 Å². The normalized spacial score (nSPS) is 30.9. The van der Waals surface area contributed by atoms with Crippen LogP contribution in [0.2, 0.25) is 0 Å². The van der Waals surface area contributed by atoms with Crippen LogP contribution < -0.4 is 0 Å². The lowest BCUT2D eigenvalue weighted by Gasteiger charge is -2.37. The Hall–Kier alpha value is -0.960. The first-order chi connectivity index (χ1) is 8.84. The summed E-state index contributed by atoms with van der Waals surface area (Å²) in [6.07, 6.45) is 5.23. The second-order valence-corrected chi connectivity index (χ2v) is 6.85. The van der Waals surface area contributed by atoms with Crippen molar-refractivity contribution in [2.45, 2.75) is 30.6 Å².